The summed E-state index contributed by atoms with van der Waals surface area (Å²) in [5, 5.41) is 11.1. The van der Waals surface area contributed by atoms with Gasteiger partial charge in [-0.25, -0.2) is 9.97 Å². The first-order valence-corrected chi connectivity index (χ1v) is 12.3. The molecule has 1 amide bonds. The fourth-order valence-corrected chi connectivity index (χ4v) is 5.53. The molecule has 0 saturated carbocycles. The van der Waals surface area contributed by atoms with Gasteiger partial charge in [0, 0.05) is 36.2 Å². The van der Waals surface area contributed by atoms with Crippen LogP contribution < -0.4 is 4.74 Å². The van der Waals surface area contributed by atoms with Gasteiger partial charge in [-0.2, -0.15) is 5.26 Å². The molecule has 0 aliphatic carbocycles. The van der Waals surface area contributed by atoms with Crippen molar-refractivity contribution in [3.05, 3.63) is 64.6 Å². The molecular weight excluding hydrogens is 483 g/mol. The first kappa shape index (κ1) is 25.0. The largest absolute Gasteiger partial charge is 0.495 e. The minimum absolute atomic E-state index is 0.0936. The number of hydrogen-bond donors (Lipinski definition) is 0. The molecule has 2 heterocycles. The number of ether oxygens (including phenoxy) is 1. The van der Waals surface area contributed by atoms with E-state index in [9.17, 15) is 4.79 Å². The molecule has 1 aliphatic rings. The van der Waals surface area contributed by atoms with Gasteiger partial charge in [0.25, 0.3) is 0 Å². The van der Waals surface area contributed by atoms with Gasteiger partial charge in [0.15, 0.2) is 0 Å². The number of carbonyl (C=O) groups is 1. The number of fused-ring (bicyclic) bond motifs is 1. The maximum absolute atomic E-state index is 12.2. The summed E-state index contributed by atoms with van der Waals surface area (Å²) in [5.41, 5.74) is 3.38. The van der Waals surface area contributed by atoms with Gasteiger partial charge < -0.3 is 9.64 Å². The third-order valence-electron chi connectivity index (χ3n) is 6.52. The van der Waals surface area contributed by atoms with Crippen molar-refractivity contribution < 1.29 is 9.53 Å². The zero-order valence-corrected chi connectivity index (χ0v) is 21.2. The van der Waals surface area contributed by atoms with Gasteiger partial charge in [-0.05, 0) is 54.2 Å². The quantitative estimate of drug-likeness (QED) is 0.363. The Bertz CT molecular complexity index is 1310. The number of halogens is 2. The molecule has 8 heteroatoms. The Morgan fingerprint density at radius 3 is 2.83 bits per heavy atom. The number of aromatic nitrogens is 2. The highest BCUT2D eigenvalue weighted by Gasteiger charge is 2.34. The molecule has 1 saturated heterocycles. The molecule has 1 fully saturated rings. The Labute approximate surface area is 215 Å². The number of nitriles is 1. The Balaban J connectivity index is 1.61. The van der Waals surface area contributed by atoms with Crippen molar-refractivity contribution in [2.75, 3.05) is 13.7 Å². The number of aryl methyl sites for hydroxylation is 1. The summed E-state index contributed by atoms with van der Waals surface area (Å²) >= 11 is 13.3. The number of nitrogens with zero attached hydrogens (tertiary/aromatic N) is 4. The number of amides is 1. The van der Waals surface area contributed by atoms with E-state index < -0.39 is 0 Å². The van der Waals surface area contributed by atoms with E-state index in [0.29, 0.717) is 41.0 Å². The van der Waals surface area contributed by atoms with Gasteiger partial charge in [-0.3, -0.25) is 4.79 Å². The minimum atomic E-state index is -0.138. The van der Waals surface area contributed by atoms with Gasteiger partial charge in [-0.15, -0.1) is 0 Å². The van der Waals surface area contributed by atoms with Gasteiger partial charge in [-0.1, -0.05) is 42.8 Å². The van der Waals surface area contributed by atoms with E-state index in [1.165, 1.54) is 6.08 Å². The summed E-state index contributed by atoms with van der Waals surface area (Å²) in [4.78, 5) is 23.3. The second kappa shape index (κ2) is 10.6. The molecule has 2 aromatic carbocycles. The Kier molecular flexibility index (Phi) is 7.59. The smallest absolute Gasteiger partial charge is 0.246 e. The molecule has 3 aromatic rings. The predicted octanol–water partition coefficient (Wildman–Crippen LogP) is 6.03. The van der Waals surface area contributed by atoms with Crippen LogP contribution in [0, 0.1) is 17.2 Å². The van der Waals surface area contributed by atoms with Gasteiger partial charge in [0.1, 0.15) is 11.6 Å². The Morgan fingerprint density at radius 2 is 2.14 bits per heavy atom. The topological polar surface area (TPSA) is 79.1 Å². The van der Waals surface area contributed by atoms with Crippen molar-refractivity contribution in [1.29, 1.82) is 5.26 Å². The molecule has 6 nitrogen and oxygen atoms in total. The van der Waals surface area contributed by atoms with Crippen molar-refractivity contribution in [3.63, 3.8) is 0 Å². The number of rotatable bonds is 7. The number of hydrogen-bond acceptors (Lipinski definition) is 5. The van der Waals surface area contributed by atoms with Gasteiger partial charge in [0.05, 0.1) is 35.2 Å². The van der Waals surface area contributed by atoms with Crippen molar-refractivity contribution in [2.45, 2.75) is 38.6 Å². The van der Waals surface area contributed by atoms with Crippen LogP contribution in [0.3, 0.4) is 0 Å². The highest BCUT2D eigenvalue weighted by molar-refractivity contribution is 6.40. The summed E-state index contributed by atoms with van der Waals surface area (Å²) in [5.74, 6) is 1.35. The molecule has 35 heavy (non-hydrogen) atoms. The molecule has 0 N–H and O–H groups in total. The zero-order chi connectivity index (χ0) is 25.1. The minimum Gasteiger partial charge on any atom is -0.495 e. The molecule has 0 bridgehead atoms. The van der Waals surface area contributed by atoms with Gasteiger partial charge in [0.2, 0.25) is 5.91 Å². The van der Waals surface area contributed by atoms with E-state index in [4.69, 9.17) is 38.2 Å². The maximum Gasteiger partial charge on any atom is 0.246 e. The van der Waals surface area contributed by atoms with E-state index in [1.54, 1.807) is 18.2 Å². The zero-order valence-electron chi connectivity index (χ0n) is 19.7. The third kappa shape index (κ3) is 4.98. The number of likely N-dealkylation sites (tertiary alicyclic amines) is 1. The summed E-state index contributed by atoms with van der Waals surface area (Å²) in [6.07, 6.45) is 5.56. The van der Waals surface area contributed by atoms with E-state index in [2.05, 4.69) is 17.6 Å². The highest BCUT2D eigenvalue weighted by atomic mass is 35.5. The van der Waals surface area contributed by atoms with E-state index in [1.807, 2.05) is 31.2 Å². The lowest BCUT2D eigenvalue weighted by Gasteiger charge is -2.20. The SMILES string of the molecule is C=CC(=O)N1C[C@@H](Cc2ncc3cc(-c4c(Cl)c(CC)cc(OC)c4Cl)ccc3n2)C[C@H]1CC#N. The number of methoxy groups -OCH3 is 1. The summed E-state index contributed by atoms with van der Waals surface area (Å²) in [7, 11) is 1.59. The van der Waals surface area contributed by atoms with Crippen molar-refractivity contribution in [1.82, 2.24) is 14.9 Å². The maximum atomic E-state index is 12.2. The van der Waals surface area contributed by atoms with Crippen molar-refractivity contribution in [2.24, 2.45) is 5.92 Å². The number of benzene rings is 2. The summed E-state index contributed by atoms with van der Waals surface area (Å²) < 4.78 is 5.46. The second-order valence-corrected chi connectivity index (χ2v) is 9.43. The van der Waals surface area contributed by atoms with Crippen LogP contribution in [-0.4, -0.2) is 40.5 Å². The highest BCUT2D eigenvalue weighted by Crippen LogP contribution is 2.43. The van der Waals surface area contributed by atoms with Crippen molar-refractivity contribution in [3.8, 4) is 22.9 Å². The van der Waals surface area contributed by atoms with Crippen LogP contribution in [0.25, 0.3) is 22.0 Å². The average Bonchev–Trinajstić information content (AvgIpc) is 3.26. The van der Waals surface area contributed by atoms with Crippen LogP contribution in [0.5, 0.6) is 5.75 Å². The first-order valence-electron chi connectivity index (χ1n) is 11.5. The fourth-order valence-electron chi connectivity index (χ4n) is 4.76. The summed E-state index contributed by atoms with van der Waals surface area (Å²) in [6, 6.07) is 9.83. The molecule has 0 radical (unpaired) electrons. The Hall–Kier alpha value is -3.14. The molecule has 1 aromatic heterocycles. The molecule has 0 unspecified atom stereocenters. The third-order valence-corrected chi connectivity index (χ3v) is 7.33. The van der Waals surface area contributed by atoms with Crippen LogP contribution in [0.2, 0.25) is 10.0 Å². The van der Waals surface area contributed by atoms with Crippen molar-refractivity contribution >= 4 is 40.0 Å². The molecule has 1 aliphatic heterocycles. The standard InChI is InChI=1S/C27H26Cl2N4O2/c1-4-17-13-22(35-3)27(29)25(26(17)28)18-6-7-21-19(12-18)14-31-23(32-21)11-16-10-20(8-9-30)33(15-16)24(34)5-2/h5-7,12-14,16,20H,2,4,8,10-11,15H2,1,3H3/t16-,20-/m1/s1. The van der Waals surface area contributed by atoms with Crippen LogP contribution in [0.15, 0.2) is 43.1 Å². The Morgan fingerprint density at radius 1 is 1.34 bits per heavy atom. The van der Waals surface area contributed by atoms with Crippen LogP contribution in [0.1, 0.15) is 31.2 Å². The monoisotopic (exact) mass is 508 g/mol. The predicted molar refractivity (Wildman–Crippen MR) is 139 cm³/mol. The molecule has 0 spiro atoms. The van der Waals surface area contributed by atoms with E-state index in [0.717, 1.165) is 40.4 Å². The second-order valence-electron chi connectivity index (χ2n) is 8.67. The normalized spacial score (nSPS) is 17.4. The number of carbonyl (C=O) groups excluding carboxylic acids is 1. The fraction of sp³-hybridized carbons (Fsp3) is 0.333. The average molecular weight is 509 g/mol. The molecule has 2 atom stereocenters. The molecule has 180 valence electrons. The molecular formula is C27H26Cl2N4O2. The van der Waals surface area contributed by atoms with E-state index >= 15 is 0 Å². The van der Waals surface area contributed by atoms with Crippen LogP contribution in [0.4, 0.5) is 0 Å². The lowest BCUT2D eigenvalue weighted by atomic mass is 9.99. The summed E-state index contributed by atoms with van der Waals surface area (Å²) in [6.45, 7) is 6.19. The van der Waals surface area contributed by atoms with Crippen LogP contribution >= 0.6 is 23.2 Å². The first-order chi connectivity index (χ1) is 16.9. The molecule has 4 rings (SSSR count). The van der Waals surface area contributed by atoms with Crippen LogP contribution in [-0.2, 0) is 17.6 Å². The lowest BCUT2D eigenvalue weighted by Crippen LogP contribution is -2.34. The van der Waals surface area contributed by atoms with E-state index in [-0.39, 0.29) is 17.9 Å². The van der Waals surface area contributed by atoms with Gasteiger partial charge >= 0.3 is 0 Å². The lowest BCUT2D eigenvalue weighted by molar-refractivity contribution is -0.126.